The van der Waals surface area contributed by atoms with E-state index in [1.54, 1.807) is 6.92 Å². The first-order valence-corrected chi connectivity index (χ1v) is 4.42. The Kier molecular flexibility index (Phi) is 2.26. The van der Waals surface area contributed by atoms with Gasteiger partial charge in [0.25, 0.3) is 0 Å². The molecule has 2 atom stereocenters. The second-order valence-corrected chi connectivity index (χ2v) is 3.35. The largest absolute Gasteiger partial charge is 0.394 e. The molecule has 0 bridgehead atoms. The summed E-state index contributed by atoms with van der Waals surface area (Å²) in [6, 6.07) is 0. The minimum absolute atomic E-state index is 0.187. The van der Waals surface area contributed by atoms with Crippen LogP contribution in [0.2, 0.25) is 0 Å². The van der Waals surface area contributed by atoms with Gasteiger partial charge in [-0.2, -0.15) is 4.98 Å². The van der Waals surface area contributed by atoms with Gasteiger partial charge in [0.15, 0.2) is 5.60 Å². The quantitative estimate of drug-likeness (QED) is 0.659. The number of hydrogen-bond donors (Lipinski definition) is 2. The lowest BCUT2D eigenvalue weighted by molar-refractivity contribution is -0.0715. The van der Waals surface area contributed by atoms with E-state index in [0.717, 1.165) is 0 Å². The molecule has 78 valence electrons. The van der Waals surface area contributed by atoms with E-state index >= 15 is 0 Å². The topological polar surface area (TPSA) is 88.6 Å². The van der Waals surface area contributed by atoms with Crippen LogP contribution in [-0.4, -0.2) is 39.7 Å². The molecule has 0 aromatic carbocycles. The monoisotopic (exact) mass is 200 g/mol. The Morgan fingerprint density at radius 1 is 1.64 bits per heavy atom. The third-order valence-corrected chi connectivity index (χ3v) is 2.42. The smallest absolute Gasteiger partial charge is 0.223 e. The minimum atomic E-state index is -1.31. The van der Waals surface area contributed by atoms with Crippen molar-refractivity contribution in [2.45, 2.75) is 25.0 Å². The van der Waals surface area contributed by atoms with Crippen molar-refractivity contribution in [3.8, 4) is 0 Å². The Hall–Kier alpha value is -0.980. The summed E-state index contributed by atoms with van der Waals surface area (Å²) in [5.41, 5.74) is -1.31. The maximum absolute atomic E-state index is 10.2. The molecular formula is C8H12N2O4. The van der Waals surface area contributed by atoms with Crippen LogP contribution in [0, 0.1) is 6.92 Å². The van der Waals surface area contributed by atoms with Gasteiger partial charge in [0, 0.05) is 13.3 Å². The highest BCUT2D eigenvalue weighted by Crippen LogP contribution is 2.33. The van der Waals surface area contributed by atoms with Crippen LogP contribution < -0.4 is 0 Å². The maximum Gasteiger partial charge on any atom is 0.223 e. The van der Waals surface area contributed by atoms with Crippen molar-refractivity contribution in [2.75, 3.05) is 13.2 Å². The van der Waals surface area contributed by atoms with E-state index in [0.29, 0.717) is 18.9 Å². The van der Waals surface area contributed by atoms with E-state index in [1.165, 1.54) is 0 Å². The Morgan fingerprint density at radius 3 is 3.00 bits per heavy atom. The van der Waals surface area contributed by atoms with Gasteiger partial charge in [-0.15, -0.1) is 0 Å². The van der Waals surface area contributed by atoms with Gasteiger partial charge in [0.2, 0.25) is 11.7 Å². The highest BCUT2D eigenvalue weighted by atomic mass is 16.5. The van der Waals surface area contributed by atoms with Crippen molar-refractivity contribution in [2.24, 2.45) is 0 Å². The fourth-order valence-corrected chi connectivity index (χ4v) is 1.59. The van der Waals surface area contributed by atoms with Gasteiger partial charge in [-0.1, -0.05) is 5.16 Å². The van der Waals surface area contributed by atoms with E-state index in [1.807, 2.05) is 0 Å². The molecule has 1 aliphatic rings. The lowest BCUT2D eigenvalue weighted by atomic mass is 9.95. The van der Waals surface area contributed by atoms with Crippen LogP contribution >= 0.6 is 0 Å². The molecular weight excluding hydrogens is 188 g/mol. The average Bonchev–Trinajstić information content (AvgIpc) is 2.72. The third kappa shape index (κ3) is 1.31. The SMILES string of the molecule is Cc1nc([C@@]2(O)CCO[C@H]2CO)no1. The fourth-order valence-electron chi connectivity index (χ4n) is 1.59. The summed E-state index contributed by atoms with van der Waals surface area (Å²) in [5, 5.41) is 22.8. The molecule has 6 heteroatoms. The molecule has 1 aromatic rings. The Bertz CT molecular complexity index is 327. The standard InChI is InChI=1S/C8H12N2O4/c1-5-9-7(10-14-5)8(12)2-3-13-6(8)4-11/h6,11-12H,2-4H2,1H3/t6-,8+/m0/s1. The molecule has 14 heavy (non-hydrogen) atoms. The lowest BCUT2D eigenvalue weighted by Gasteiger charge is -2.22. The molecule has 0 spiro atoms. The number of aliphatic hydroxyl groups excluding tert-OH is 1. The molecule has 6 nitrogen and oxygen atoms in total. The zero-order chi connectivity index (χ0) is 10.2. The van der Waals surface area contributed by atoms with Gasteiger partial charge in [-0.25, -0.2) is 0 Å². The van der Waals surface area contributed by atoms with Crippen molar-refractivity contribution in [1.29, 1.82) is 0 Å². The molecule has 1 saturated heterocycles. The summed E-state index contributed by atoms with van der Waals surface area (Å²) in [7, 11) is 0. The molecule has 0 aliphatic carbocycles. The van der Waals surface area contributed by atoms with Crippen LogP contribution in [0.15, 0.2) is 4.52 Å². The number of aromatic nitrogens is 2. The Morgan fingerprint density at radius 2 is 2.43 bits per heavy atom. The van der Waals surface area contributed by atoms with E-state index in [4.69, 9.17) is 14.4 Å². The first-order valence-electron chi connectivity index (χ1n) is 4.42. The molecule has 1 fully saturated rings. The highest BCUT2D eigenvalue weighted by Gasteiger charge is 2.47. The lowest BCUT2D eigenvalue weighted by Crippen LogP contribution is -2.38. The van der Waals surface area contributed by atoms with Crippen LogP contribution in [0.4, 0.5) is 0 Å². The number of ether oxygens (including phenoxy) is 1. The van der Waals surface area contributed by atoms with Crippen molar-refractivity contribution in [3.05, 3.63) is 11.7 Å². The minimum Gasteiger partial charge on any atom is -0.394 e. The summed E-state index contributed by atoms with van der Waals surface area (Å²) in [6.07, 6.45) is -0.295. The Labute approximate surface area is 80.5 Å². The van der Waals surface area contributed by atoms with E-state index in [-0.39, 0.29) is 12.4 Å². The molecule has 2 N–H and O–H groups in total. The highest BCUT2D eigenvalue weighted by molar-refractivity contribution is 5.06. The van der Waals surface area contributed by atoms with Crippen molar-refractivity contribution >= 4 is 0 Å². The third-order valence-electron chi connectivity index (χ3n) is 2.42. The van der Waals surface area contributed by atoms with Crippen LogP contribution in [-0.2, 0) is 10.3 Å². The van der Waals surface area contributed by atoms with Gasteiger partial charge >= 0.3 is 0 Å². The van der Waals surface area contributed by atoms with Gasteiger partial charge in [0.05, 0.1) is 13.2 Å². The van der Waals surface area contributed by atoms with Crippen LogP contribution in [0.5, 0.6) is 0 Å². The molecule has 0 radical (unpaired) electrons. The zero-order valence-corrected chi connectivity index (χ0v) is 7.80. The molecule has 1 aromatic heterocycles. The normalized spacial score (nSPS) is 32.4. The Balaban J connectivity index is 2.31. The number of hydrogen-bond acceptors (Lipinski definition) is 6. The van der Waals surface area contributed by atoms with Gasteiger partial charge in [0.1, 0.15) is 6.10 Å². The fraction of sp³-hybridized carbons (Fsp3) is 0.750. The van der Waals surface area contributed by atoms with Crippen molar-refractivity contribution < 1.29 is 19.5 Å². The molecule has 0 saturated carbocycles. The van der Waals surface area contributed by atoms with E-state index in [2.05, 4.69) is 10.1 Å². The number of nitrogens with zero attached hydrogens (tertiary/aromatic N) is 2. The first kappa shape index (κ1) is 9.57. The summed E-state index contributed by atoms with van der Waals surface area (Å²) >= 11 is 0. The van der Waals surface area contributed by atoms with Crippen LogP contribution in [0.1, 0.15) is 18.1 Å². The molecule has 0 amide bonds. The van der Waals surface area contributed by atoms with E-state index in [9.17, 15) is 5.11 Å². The molecule has 0 unspecified atom stereocenters. The predicted molar refractivity (Wildman–Crippen MR) is 44.4 cm³/mol. The summed E-state index contributed by atoms with van der Waals surface area (Å²) in [4.78, 5) is 3.94. The van der Waals surface area contributed by atoms with Gasteiger partial charge < -0.3 is 19.5 Å². The molecule has 1 aliphatic heterocycles. The van der Waals surface area contributed by atoms with Gasteiger partial charge in [-0.3, -0.25) is 0 Å². The van der Waals surface area contributed by atoms with Gasteiger partial charge in [-0.05, 0) is 0 Å². The number of rotatable bonds is 2. The number of aliphatic hydroxyl groups is 2. The molecule has 2 rings (SSSR count). The summed E-state index contributed by atoms with van der Waals surface area (Å²) in [6.45, 7) is 1.77. The first-order chi connectivity index (χ1) is 6.66. The average molecular weight is 200 g/mol. The molecule has 2 heterocycles. The zero-order valence-electron chi connectivity index (χ0n) is 7.80. The second kappa shape index (κ2) is 3.30. The summed E-state index contributed by atoms with van der Waals surface area (Å²) in [5.74, 6) is 0.573. The van der Waals surface area contributed by atoms with Crippen molar-refractivity contribution in [3.63, 3.8) is 0 Å². The van der Waals surface area contributed by atoms with Crippen LogP contribution in [0.3, 0.4) is 0 Å². The number of aryl methyl sites for hydroxylation is 1. The van der Waals surface area contributed by atoms with Crippen LogP contribution in [0.25, 0.3) is 0 Å². The summed E-state index contributed by atoms with van der Waals surface area (Å²) < 4.78 is 9.94. The maximum atomic E-state index is 10.2. The second-order valence-electron chi connectivity index (χ2n) is 3.35. The van der Waals surface area contributed by atoms with Crippen molar-refractivity contribution in [1.82, 2.24) is 10.1 Å². The predicted octanol–water partition coefficient (Wildman–Crippen LogP) is -0.653. The van der Waals surface area contributed by atoms with E-state index < -0.39 is 11.7 Å².